The summed E-state index contributed by atoms with van der Waals surface area (Å²) in [6, 6.07) is 0.878. The van der Waals surface area contributed by atoms with Crippen molar-refractivity contribution in [1.82, 2.24) is 15.6 Å². The summed E-state index contributed by atoms with van der Waals surface area (Å²) in [5.74, 6) is 0.312. The number of carbonyl (C=O) groups excluding carboxylic acids is 1. The third-order valence-electron chi connectivity index (χ3n) is 3.88. The Kier molecular flexibility index (Phi) is 4.27. The lowest BCUT2D eigenvalue weighted by Crippen LogP contribution is -2.44. The van der Waals surface area contributed by atoms with E-state index in [4.69, 9.17) is 11.6 Å². The van der Waals surface area contributed by atoms with Crippen LogP contribution in [0.1, 0.15) is 24.8 Å². The first kappa shape index (κ1) is 16.2. The predicted molar refractivity (Wildman–Crippen MR) is 79.6 cm³/mol. The second-order valence-electron chi connectivity index (χ2n) is 5.85. The molecule has 2 aliphatic rings. The quantitative estimate of drug-likeness (QED) is 0.883. The highest BCUT2D eigenvalue weighted by Crippen LogP contribution is 2.34. The number of urea groups is 1. The molecule has 2 heterocycles. The third-order valence-corrected chi connectivity index (χ3v) is 4.16. The summed E-state index contributed by atoms with van der Waals surface area (Å²) in [4.78, 5) is 17.3. The van der Waals surface area contributed by atoms with Crippen molar-refractivity contribution < 1.29 is 18.0 Å². The zero-order valence-corrected chi connectivity index (χ0v) is 12.9. The van der Waals surface area contributed by atoms with Crippen molar-refractivity contribution in [2.24, 2.45) is 0 Å². The Morgan fingerprint density at radius 1 is 1.26 bits per heavy atom. The fourth-order valence-electron chi connectivity index (χ4n) is 2.53. The molecular weight excluding hydrogens is 333 g/mol. The molecule has 1 unspecified atom stereocenters. The van der Waals surface area contributed by atoms with E-state index in [1.54, 1.807) is 4.90 Å². The van der Waals surface area contributed by atoms with Gasteiger partial charge in [0, 0.05) is 31.4 Å². The minimum absolute atomic E-state index is 0.0390. The Bertz CT molecular complexity index is 606. The Morgan fingerprint density at radius 3 is 2.57 bits per heavy atom. The molecule has 0 aromatic carbocycles. The van der Waals surface area contributed by atoms with E-state index >= 15 is 0 Å². The zero-order valence-electron chi connectivity index (χ0n) is 12.2. The molecule has 23 heavy (non-hydrogen) atoms. The SMILES string of the molecule is O=C(NC1CC1)NC1CCN(c2ncc(C(F)(F)F)cc2Cl)C1. The molecule has 126 valence electrons. The molecule has 1 aliphatic carbocycles. The molecular formula is C14H16ClF3N4O. The van der Waals surface area contributed by atoms with E-state index in [1.807, 2.05) is 0 Å². The van der Waals surface area contributed by atoms with Crippen molar-refractivity contribution >= 4 is 23.4 Å². The number of nitrogens with zero attached hydrogens (tertiary/aromatic N) is 2. The van der Waals surface area contributed by atoms with Gasteiger partial charge in [-0.3, -0.25) is 0 Å². The molecule has 9 heteroatoms. The van der Waals surface area contributed by atoms with Gasteiger partial charge in [-0.15, -0.1) is 0 Å². The van der Waals surface area contributed by atoms with Gasteiger partial charge < -0.3 is 15.5 Å². The maximum atomic E-state index is 12.6. The van der Waals surface area contributed by atoms with Crippen molar-refractivity contribution in [3.8, 4) is 0 Å². The van der Waals surface area contributed by atoms with Gasteiger partial charge >= 0.3 is 12.2 Å². The maximum Gasteiger partial charge on any atom is 0.417 e. The normalized spacial score (nSPS) is 21.4. The summed E-state index contributed by atoms with van der Waals surface area (Å²) < 4.78 is 37.9. The van der Waals surface area contributed by atoms with E-state index in [-0.39, 0.29) is 23.1 Å². The Balaban J connectivity index is 1.61. The van der Waals surface area contributed by atoms with Crippen LogP contribution < -0.4 is 15.5 Å². The smallest absolute Gasteiger partial charge is 0.353 e. The molecule has 1 atom stereocenters. The number of halogens is 4. The number of hydrogen-bond donors (Lipinski definition) is 2. The van der Waals surface area contributed by atoms with Crippen molar-refractivity contribution in [2.75, 3.05) is 18.0 Å². The topological polar surface area (TPSA) is 57.3 Å². The van der Waals surface area contributed by atoms with Gasteiger partial charge in [-0.05, 0) is 25.3 Å². The van der Waals surface area contributed by atoms with Gasteiger partial charge in [0.25, 0.3) is 0 Å². The molecule has 3 rings (SSSR count). The van der Waals surface area contributed by atoms with Crippen molar-refractivity contribution in [3.05, 3.63) is 22.8 Å². The van der Waals surface area contributed by atoms with E-state index in [9.17, 15) is 18.0 Å². The molecule has 0 spiro atoms. The fraction of sp³-hybridized carbons (Fsp3) is 0.571. The second-order valence-corrected chi connectivity index (χ2v) is 6.26. The first-order valence-corrected chi connectivity index (χ1v) is 7.75. The lowest BCUT2D eigenvalue weighted by Gasteiger charge is -2.20. The van der Waals surface area contributed by atoms with Crippen LogP contribution in [0.15, 0.2) is 12.3 Å². The molecule has 1 aliphatic heterocycles. The van der Waals surface area contributed by atoms with Crippen LogP contribution in [0.2, 0.25) is 5.02 Å². The van der Waals surface area contributed by atoms with Gasteiger partial charge in [0.05, 0.1) is 10.6 Å². The molecule has 1 saturated heterocycles. The highest BCUT2D eigenvalue weighted by Gasteiger charge is 2.33. The number of amides is 2. The monoisotopic (exact) mass is 348 g/mol. The molecule has 1 aromatic rings. The molecule has 0 bridgehead atoms. The molecule has 2 N–H and O–H groups in total. The van der Waals surface area contributed by atoms with Crippen LogP contribution in [0.3, 0.4) is 0 Å². The number of rotatable bonds is 3. The van der Waals surface area contributed by atoms with Gasteiger partial charge in [-0.2, -0.15) is 13.2 Å². The standard InChI is InChI=1S/C14H16ClF3N4O/c15-11-5-8(14(16,17)18)6-19-12(11)22-4-3-10(7-22)21-13(23)20-9-1-2-9/h5-6,9-10H,1-4,7H2,(H2,20,21,23). The average molecular weight is 349 g/mol. The highest BCUT2D eigenvalue weighted by molar-refractivity contribution is 6.33. The van der Waals surface area contributed by atoms with Crippen molar-refractivity contribution in [2.45, 2.75) is 37.5 Å². The second kappa shape index (κ2) is 6.07. The van der Waals surface area contributed by atoms with Crippen LogP contribution in [0, 0.1) is 0 Å². The van der Waals surface area contributed by atoms with Crippen LogP contribution >= 0.6 is 11.6 Å². The van der Waals surface area contributed by atoms with Gasteiger partial charge in [0.2, 0.25) is 0 Å². The lowest BCUT2D eigenvalue weighted by atomic mass is 10.2. The van der Waals surface area contributed by atoms with E-state index in [0.717, 1.165) is 25.1 Å². The molecule has 0 radical (unpaired) electrons. The predicted octanol–water partition coefficient (Wildman–Crippen LogP) is 2.79. The van der Waals surface area contributed by atoms with Gasteiger partial charge in [0.15, 0.2) is 0 Å². The Labute approximate surface area is 136 Å². The summed E-state index contributed by atoms with van der Waals surface area (Å²) in [6.07, 6.45) is -0.978. The van der Waals surface area contributed by atoms with Crippen LogP contribution in [-0.4, -0.2) is 36.2 Å². The molecule has 1 aromatic heterocycles. The largest absolute Gasteiger partial charge is 0.417 e. The lowest BCUT2D eigenvalue weighted by molar-refractivity contribution is -0.137. The summed E-state index contributed by atoms with van der Waals surface area (Å²) in [5.41, 5.74) is -0.871. The van der Waals surface area contributed by atoms with E-state index in [1.165, 1.54) is 0 Å². The fourth-order valence-corrected chi connectivity index (χ4v) is 2.81. The van der Waals surface area contributed by atoms with Gasteiger partial charge in [-0.1, -0.05) is 11.6 Å². The minimum atomic E-state index is -4.47. The van der Waals surface area contributed by atoms with E-state index < -0.39 is 11.7 Å². The Hall–Kier alpha value is -1.70. The first-order valence-electron chi connectivity index (χ1n) is 7.37. The average Bonchev–Trinajstić information content (AvgIpc) is 3.14. The molecule has 5 nitrogen and oxygen atoms in total. The number of carbonyl (C=O) groups is 1. The summed E-state index contributed by atoms with van der Waals surface area (Å²) in [7, 11) is 0. The number of alkyl halides is 3. The van der Waals surface area contributed by atoms with Crippen LogP contribution in [0.4, 0.5) is 23.8 Å². The van der Waals surface area contributed by atoms with Crippen LogP contribution in [0.5, 0.6) is 0 Å². The maximum absolute atomic E-state index is 12.6. The molecule has 2 amide bonds. The number of aromatic nitrogens is 1. The summed E-state index contributed by atoms with van der Waals surface area (Å²) in [5, 5.41) is 5.66. The minimum Gasteiger partial charge on any atom is -0.353 e. The first-order chi connectivity index (χ1) is 10.8. The van der Waals surface area contributed by atoms with Crippen LogP contribution in [-0.2, 0) is 6.18 Å². The highest BCUT2D eigenvalue weighted by atomic mass is 35.5. The molecule has 1 saturated carbocycles. The van der Waals surface area contributed by atoms with E-state index in [2.05, 4.69) is 15.6 Å². The molecule has 2 fully saturated rings. The Morgan fingerprint density at radius 2 is 1.96 bits per heavy atom. The number of anilines is 1. The van der Waals surface area contributed by atoms with Crippen molar-refractivity contribution in [3.63, 3.8) is 0 Å². The van der Waals surface area contributed by atoms with Crippen molar-refractivity contribution in [1.29, 1.82) is 0 Å². The number of pyridine rings is 1. The zero-order chi connectivity index (χ0) is 16.6. The van der Waals surface area contributed by atoms with Crippen LogP contribution in [0.25, 0.3) is 0 Å². The van der Waals surface area contributed by atoms with Gasteiger partial charge in [-0.25, -0.2) is 9.78 Å². The van der Waals surface area contributed by atoms with E-state index in [0.29, 0.717) is 25.3 Å². The summed E-state index contributed by atoms with van der Waals surface area (Å²) in [6.45, 7) is 1.04. The number of hydrogen-bond acceptors (Lipinski definition) is 3. The summed E-state index contributed by atoms with van der Waals surface area (Å²) >= 11 is 5.94. The number of nitrogens with one attached hydrogen (secondary N) is 2. The van der Waals surface area contributed by atoms with Gasteiger partial charge in [0.1, 0.15) is 5.82 Å². The third kappa shape index (κ3) is 3.99.